The molecule has 0 saturated heterocycles. The Labute approximate surface area is 216 Å². The van der Waals surface area contributed by atoms with E-state index in [0.717, 1.165) is 32.8 Å². The first-order valence-electron chi connectivity index (χ1n) is 11.3. The number of amides is 1. The summed E-state index contributed by atoms with van der Waals surface area (Å²) in [5.74, 6) is 1.91. The highest BCUT2D eigenvalue weighted by Crippen LogP contribution is 2.26. The number of thioether (sulfide) groups is 1. The fourth-order valence-corrected chi connectivity index (χ4v) is 5.98. The van der Waals surface area contributed by atoms with E-state index in [1.807, 2.05) is 31.2 Å². The molecule has 3 rings (SSSR count). The molecule has 0 aliphatic rings. The zero-order valence-corrected chi connectivity index (χ0v) is 21.9. The van der Waals surface area contributed by atoms with Gasteiger partial charge in [0, 0.05) is 17.3 Å². The minimum atomic E-state index is -3.93. The lowest BCUT2D eigenvalue weighted by Crippen LogP contribution is -2.41. The first-order valence-corrected chi connectivity index (χ1v) is 14.3. The molecule has 0 aromatic heterocycles. The summed E-state index contributed by atoms with van der Waals surface area (Å²) in [7, 11) is -3.93. The van der Waals surface area contributed by atoms with E-state index in [0.29, 0.717) is 24.6 Å². The van der Waals surface area contributed by atoms with E-state index in [1.165, 1.54) is 12.1 Å². The second-order valence-corrected chi connectivity index (χ2v) is 11.0. The van der Waals surface area contributed by atoms with Crippen LogP contribution in [0.4, 0.5) is 5.69 Å². The van der Waals surface area contributed by atoms with Crippen molar-refractivity contribution in [2.24, 2.45) is 0 Å². The molecule has 35 heavy (non-hydrogen) atoms. The highest BCUT2D eigenvalue weighted by molar-refractivity contribution is 7.98. The number of hydrogen-bond donors (Lipinski definition) is 1. The van der Waals surface area contributed by atoms with Crippen LogP contribution < -0.4 is 14.4 Å². The van der Waals surface area contributed by atoms with Gasteiger partial charge in [0.25, 0.3) is 10.0 Å². The molecule has 0 aliphatic carbocycles. The summed E-state index contributed by atoms with van der Waals surface area (Å²) in [6.45, 7) is 2.51. The molecule has 0 fully saturated rings. The molecule has 1 N–H and O–H groups in total. The van der Waals surface area contributed by atoms with Gasteiger partial charge in [-0.2, -0.15) is 11.8 Å². The van der Waals surface area contributed by atoms with Crippen molar-refractivity contribution in [3.8, 4) is 5.75 Å². The van der Waals surface area contributed by atoms with Gasteiger partial charge in [0.2, 0.25) is 5.91 Å². The van der Waals surface area contributed by atoms with Crippen molar-refractivity contribution >= 4 is 45.0 Å². The topological polar surface area (TPSA) is 75.7 Å². The molecule has 186 valence electrons. The Balaban J connectivity index is 1.59. The molecule has 9 heteroatoms. The van der Waals surface area contributed by atoms with Crippen LogP contribution in [0, 0.1) is 0 Å². The van der Waals surface area contributed by atoms with Crippen molar-refractivity contribution in [3.05, 3.63) is 89.4 Å². The van der Waals surface area contributed by atoms with Crippen LogP contribution in [0.25, 0.3) is 0 Å². The van der Waals surface area contributed by atoms with Gasteiger partial charge < -0.3 is 10.1 Å². The van der Waals surface area contributed by atoms with Crippen molar-refractivity contribution in [1.29, 1.82) is 0 Å². The second kappa shape index (κ2) is 13.4. The molecule has 0 aliphatic heterocycles. The first kappa shape index (κ1) is 26.9. The van der Waals surface area contributed by atoms with E-state index < -0.39 is 10.0 Å². The van der Waals surface area contributed by atoms with E-state index in [2.05, 4.69) is 5.32 Å². The Morgan fingerprint density at radius 1 is 1.00 bits per heavy atom. The maximum atomic E-state index is 13.4. The second-order valence-electron chi connectivity index (χ2n) is 7.60. The van der Waals surface area contributed by atoms with Crippen LogP contribution in [0.2, 0.25) is 5.02 Å². The minimum absolute atomic E-state index is 0.123. The summed E-state index contributed by atoms with van der Waals surface area (Å²) in [6, 6.07) is 22.5. The van der Waals surface area contributed by atoms with E-state index in [-0.39, 0.29) is 17.3 Å². The van der Waals surface area contributed by atoms with Crippen LogP contribution in [0.15, 0.2) is 83.8 Å². The number of rotatable bonds is 13. The summed E-state index contributed by atoms with van der Waals surface area (Å²) in [5, 5.41) is 3.59. The maximum absolute atomic E-state index is 13.4. The Hall–Kier alpha value is -2.68. The molecular formula is C26H29ClN2O4S2. The standard InChI is InChI=1S/C26H29ClN2O4S2/c1-2-33-23-15-13-22(14-16-23)29(35(31,32)24-10-4-3-5-11-24)19-26(30)28-17-8-18-34-20-21-9-6-7-12-25(21)27/h3-7,9-16H,2,8,17-20H2,1H3,(H,28,30). The van der Waals surface area contributed by atoms with Gasteiger partial charge in [-0.25, -0.2) is 8.42 Å². The molecule has 0 spiro atoms. The molecule has 0 saturated carbocycles. The van der Waals surface area contributed by atoms with Crippen LogP contribution >= 0.6 is 23.4 Å². The van der Waals surface area contributed by atoms with Crippen molar-refractivity contribution in [3.63, 3.8) is 0 Å². The van der Waals surface area contributed by atoms with E-state index >= 15 is 0 Å². The van der Waals surface area contributed by atoms with Gasteiger partial charge >= 0.3 is 0 Å². The van der Waals surface area contributed by atoms with Gasteiger partial charge in [-0.05, 0) is 67.1 Å². The highest BCUT2D eigenvalue weighted by Gasteiger charge is 2.27. The minimum Gasteiger partial charge on any atom is -0.494 e. The van der Waals surface area contributed by atoms with Crippen LogP contribution in [0.3, 0.4) is 0 Å². The molecule has 0 atom stereocenters. The fraction of sp³-hybridized carbons (Fsp3) is 0.269. The molecule has 3 aromatic carbocycles. The molecule has 1 amide bonds. The van der Waals surface area contributed by atoms with Gasteiger partial charge in [0.1, 0.15) is 12.3 Å². The Morgan fingerprint density at radius 2 is 1.69 bits per heavy atom. The van der Waals surface area contributed by atoms with Gasteiger partial charge in [0.05, 0.1) is 17.2 Å². The van der Waals surface area contributed by atoms with E-state index in [4.69, 9.17) is 16.3 Å². The number of benzene rings is 3. The Bertz CT molecular complexity index is 1190. The third-order valence-corrected chi connectivity index (χ3v) is 8.31. The van der Waals surface area contributed by atoms with Crippen LogP contribution in [0.5, 0.6) is 5.75 Å². The zero-order valence-electron chi connectivity index (χ0n) is 19.5. The Kier molecular flexibility index (Phi) is 10.3. The van der Waals surface area contributed by atoms with Gasteiger partial charge in [0.15, 0.2) is 0 Å². The summed E-state index contributed by atoms with van der Waals surface area (Å²) in [6.07, 6.45) is 0.759. The number of anilines is 1. The average molecular weight is 533 g/mol. The predicted molar refractivity (Wildman–Crippen MR) is 144 cm³/mol. The third kappa shape index (κ3) is 7.92. The smallest absolute Gasteiger partial charge is 0.264 e. The molecule has 3 aromatic rings. The largest absolute Gasteiger partial charge is 0.494 e. The summed E-state index contributed by atoms with van der Waals surface area (Å²) in [5.41, 5.74) is 1.48. The number of ether oxygens (including phenoxy) is 1. The van der Waals surface area contributed by atoms with Gasteiger partial charge in [-0.3, -0.25) is 9.10 Å². The monoisotopic (exact) mass is 532 g/mol. The number of halogens is 1. The predicted octanol–water partition coefficient (Wildman–Crippen LogP) is 5.37. The van der Waals surface area contributed by atoms with Crippen molar-refractivity contribution in [1.82, 2.24) is 5.32 Å². The van der Waals surface area contributed by atoms with Crippen molar-refractivity contribution in [2.75, 3.05) is 29.8 Å². The SMILES string of the molecule is CCOc1ccc(N(CC(=O)NCCCSCc2ccccc2Cl)S(=O)(=O)c2ccccc2)cc1. The number of sulfonamides is 1. The fourth-order valence-electron chi connectivity index (χ4n) is 3.30. The Morgan fingerprint density at radius 3 is 2.37 bits per heavy atom. The summed E-state index contributed by atoms with van der Waals surface area (Å²) < 4.78 is 33.3. The average Bonchev–Trinajstić information content (AvgIpc) is 2.87. The van der Waals surface area contributed by atoms with Crippen molar-refractivity contribution in [2.45, 2.75) is 24.0 Å². The molecule has 0 radical (unpaired) electrons. The number of hydrogen-bond acceptors (Lipinski definition) is 5. The van der Waals surface area contributed by atoms with Crippen LogP contribution in [-0.4, -0.2) is 39.8 Å². The number of carbonyl (C=O) groups excluding carboxylic acids is 1. The quantitative estimate of drug-likeness (QED) is 0.299. The lowest BCUT2D eigenvalue weighted by Gasteiger charge is -2.24. The van der Waals surface area contributed by atoms with E-state index in [1.54, 1.807) is 54.2 Å². The lowest BCUT2D eigenvalue weighted by atomic mass is 10.2. The van der Waals surface area contributed by atoms with Crippen LogP contribution in [-0.2, 0) is 20.6 Å². The van der Waals surface area contributed by atoms with E-state index in [9.17, 15) is 13.2 Å². The van der Waals surface area contributed by atoms with Gasteiger partial charge in [-0.1, -0.05) is 48.0 Å². The molecule has 6 nitrogen and oxygen atoms in total. The number of nitrogens with zero attached hydrogens (tertiary/aromatic N) is 1. The molecular weight excluding hydrogens is 504 g/mol. The number of nitrogens with one attached hydrogen (secondary N) is 1. The lowest BCUT2D eigenvalue weighted by molar-refractivity contribution is -0.119. The maximum Gasteiger partial charge on any atom is 0.264 e. The normalized spacial score (nSPS) is 11.1. The van der Waals surface area contributed by atoms with Gasteiger partial charge in [-0.15, -0.1) is 0 Å². The first-order chi connectivity index (χ1) is 16.9. The summed E-state index contributed by atoms with van der Waals surface area (Å²) in [4.78, 5) is 12.8. The molecule has 0 bridgehead atoms. The number of carbonyl (C=O) groups is 1. The van der Waals surface area contributed by atoms with Crippen molar-refractivity contribution < 1.29 is 17.9 Å². The molecule has 0 unspecified atom stereocenters. The third-order valence-electron chi connectivity index (χ3n) is 5.06. The highest BCUT2D eigenvalue weighted by atomic mass is 35.5. The summed E-state index contributed by atoms with van der Waals surface area (Å²) >= 11 is 7.92. The van der Waals surface area contributed by atoms with Crippen LogP contribution in [0.1, 0.15) is 18.9 Å². The molecule has 0 heterocycles. The zero-order chi connectivity index (χ0) is 25.1.